The lowest BCUT2D eigenvalue weighted by atomic mass is 10.1. The van der Waals surface area contributed by atoms with Gasteiger partial charge in [0.05, 0.1) is 10.2 Å². The van der Waals surface area contributed by atoms with Crippen molar-refractivity contribution in [2.75, 3.05) is 5.32 Å². The maximum atomic E-state index is 13.5. The minimum Gasteiger partial charge on any atom is -0.323 e. The molecule has 1 aromatic rings. The number of hydrogen-bond acceptors (Lipinski definition) is 1. The van der Waals surface area contributed by atoms with Gasteiger partial charge in [-0.3, -0.25) is 4.79 Å². The SMILES string of the molecule is O=C(CC1C=CCC1)Nc1cc(F)c(Br)cc1F. The molecule has 5 heteroatoms. The Balaban J connectivity index is 2.02. The zero-order valence-corrected chi connectivity index (χ0v) is 11.1. The van der Waals surface area contributed by atoms with Gasteiger partial charge in [0, 0.05) is 12.5 Å². The summed E-state index contributed by atoms with van der Waals surface area (Å²) in [7, 11) is 0. The van der Waals surface area contributed by atoms with Crippen LogP contribution < -0.4 is 5.32 Å². The number of allylic oxidation sites excluding steroid dienone is 2. The Labute approximate surface area is 112 Å². The van der Waals surface area contributed by atoms with E-state index < -0.39 is 11.6 Å². The van der Waals surface area contributed by atoms with E-state index in [-0.39, 0.29) is 22.0 Å². The maximum absolute atomic E-state index is 13.5. The van der Waals surface area contributed by atoms with E-state index in [2.05, 4.69) is 21.2 Å². The molecule has 1 N–H and O–H groups in total. The second-order valence-electron chi connectivity index (χ2n) is 4.26. The van der Waals surface area contributed by atoms with Crippen LogP contribution >= 0.6 is 15.9 Å². The van der Waals surface area contributed by atoms with E-state index in [1.54, 1.807) is 0 Å². The van der Waals surface area contributed by atoms with Crippen LogP contribution in [0.4, 0.5) is 14.5 Å². The molecule has 0 spiro atoms. The van der Waals surface area contributed by atoms with E-state index in [9.17, 15) is 13.6 Å². The largest absolute Gasteiger partial charge is 0.323 e. The van der Waals surface area contributed by atoms with Crippen molar-refractivity contribution < 1.29 is 13.6 Å². The number of hydrogen-bond donors (Lipinski definition) is 1. The van der Waals surface area contributed by atoms with E-state index in [1.807, 2.05) is 12.2 Å². The molecule has 1 aliphatic carbocycles. The highest BCUT2D eigenvalue weighted by Crippen LogP contribution is 2.25. The van der Waals surface area contributed by atoms with E-state index in [0.717, 1.165) is 25.0 Å². The van der Waals surface area contributed by atoms with E-state index in [4.69, 9.17) is 0 Å². The van der Waals surface area contributed by atoms with Crippen molar-refractivity contribution >= 4 is 27.5 Å². The van der Waals surface area contributed by atoms with Gasteiger partial charge in [0.1, 0.15) is 11.6 Å². The van der Waals surface area contributed by atoms with Gasteiger partial charge in [-0.2, -0.15) is 0 Å². The Hall–Kier alpha value is -1.23. The Kier molecular flexibility index (Phi) is 4.11. The first kappa shape index (κ1) is 13.2. The monoisotopic (exact) mass is 315 g/mol. The minimum absolute atomic E-state index is 0.0386. The minimum atomic E-state index is -0.654. The number of amides is 1. The van der Waals surface area contributed by atoms with E-state index in [0.29, 0.717) is 6.42 Å². The molecule has 1 aliphatic rings. The number of carbonyl (C=O) groups is 1. The van der Waals surface area contributed by atoms with Gasteiger partial charge in [-0.25, -0.2) is 8.78 Å². The predicted molar refractivity (Wildman–Crippen MR) is 69.2 cm³/mol. The summed E-state index contributed by atoms with van der Waals surface area (Å²) < 4.78 is 26.8. The van der Waals surface area contributed by atoms with Gasteiger partial charge >= 0.3 is 0 Å². The molecule has 1 unspecified atom stereocenters. The van der Waals surface area contributed by atoms with Crippen molar-refractivity contribution in [2.24, 2.45) is 5.92 Å². The molecule has 18 heavy (non-hydrogen) atoms. The summed E-state index contributed by atoms with van der Waals surface area (Å²) in [4.78, 5) is 11.7. The van der Waals surface area contributed by atoms with Gasteiger partial charge in [0.25, 0.3) is 0 Å². The zero-order chi connectivity index (χ0) is 13.1. The Morgan fingerprint density at radius 2 is 2.17 bits per heavy atom. The molecular formula is C13H12BrF2NO. The average molecular weight is 316 g/mol. The van der Waals surface area contributed by atoms with Crippen molar-refractivity contribution in [2.45, 2.75) is 19.3 Å². The maximum Gasteiger partial charge on any atom is 0.225 e. The number of carbonyl (C=O) groups excluding carboxylic acids is 1. The summed E-state index contributed by atoms with van der Waals surface area (Å²) in [6.07, 6.45) is 6.22. The molecular weight excluding hydrogens is 304 g/mol. The quantitative estimate of drug-likeness (QED) is 0.662. The van der Waals surface area contributed by atoms with Crippen LogP contribution in [0.1, 0.15) is 19.3 Å². The van der Waals surface area contributed by atoms with Crippen molar-refractivity contribution in [1.82, 2.24) is 0 Å². The molecule has 1 aromatic carbocycles. The smallest absolute Gasteiger partial charge is 0.225 e. The summed E-state index contributed by atoms with van der Waals surface area (Å²) in [6.45, 7) is 0. The lowest BCUT2D eigenvalue weighted by Crippen LogP contribution is -2.15. The van der Waals surface area contributed by atoms with Crippen molar-refractivity contribution in [3.05, 3.63) is 40.4 Å². The van der Waals surface area contributed by atoms with Crippen LogP contribution in [-0.4, -0.2) is 5.91 Å². The first-order valence-corrected chi connectivity index (χ1v) is 6.46. The highest BCUT2D eigenvalue weighted by atomic mass is 79.9. The van der Waals surface area contributed by atoms with Crippen LogP contribution in [0.25, 0.3) is 0 Å². The average Bonchev–Trinajstić information content (AvgIpc) is 2.78. The molecule has 0 aliphatic heterocycles. The van der Waals surface area contributed by atoms with Crippen LogP contribution in [0.2, 0.25) is 0 Å². The van der Waals surface area contributed by atoms with Gasteiger partial charge in [0.15, 0.2) is 0 Å². The third-order valence-electron chi connectivity index (χ3n) is 2.84. The standard InChI is InChI=1S/C13H12BrF2NO/c14-9-6-11(16)12(7-10(9)15)17-13(18)5-8-3-1-2-4-8/h1,3,6-8H,2,4-5H2,(H,17,18). The van der Waals surface area contributed by atoms with Crippen LogP contribution in [0, 0.1) is 17.6 Å². The topological polar surface area (TPSA) is 29.1 Å². The highest BCUT2D eigenvalue weighted by molar-refractivity contribution is 9.10. The van der Waals surface area contributed by atoms with Crippen LogP contribution in [0.3, 0.4) is 0 Å². The second-order valence-corrected chi connectivity index (χ2v) is 5.12. The molecule has 2 nitrogen and oxygen atoms in total. The van der Waals surface area contributed by atoms with E-state index >= 15 is 0 Å². The number of anilines is 1. The summed E-state index contributed by atoms with van der Waals surface area (Å²) in [5.41, 5.74) is -0.123. The summed E-state index contributed by atoms with van der Waals surface area (Å²) >= 11 is 2.88. The molecule has 96 valence electrons. The molecule has 1 amide bonds. The van der Waals surface area contributed by atoms with Gasteiger partial charge in [-0.05, 0) is 40.8 Å². The van der Waals surface area contributed by atoms with Crippen LogP contribution in [-0.2, 0) is 4.79 Å². The molecule has 0 heterocycles. The zero-order valence-electron chi connectivity index (χ0n) is 9.55. The van der Waals surface area contributed by atoms with E-state index in [1.165, 1.54) is 0 Å². The summed E-state index contributed by atoms with van der Waals surface area (Å²) in [5, 5.41) is 2.40. The molecule has 0 bridgehead atoms. The summed E-state index contributed by atoms with van der Waals surface area (Å²) in [5.74, 6) is -1.36. The second kappa shape index (κ2) is 5.61. The first-order valence-electron chi connectivity index (χ1n) is 5.67. The highest BCUT2D eigenvalue weighted by Gasteiger charge is 2.16. The fourth-order valence-electron chi connectivity index (χ4n) is 1.92. The van der Waals surface area contributed by atoms with Gasteiger partial charge in [0.2, 0.25) is 5.91 Å². The van der Waals surface area contributed by atoms with Gasteiger partial charge in [-0.15, -0.1) is 0 Å². The molecule has 0 saturated heterocycles. The number of nitrogens with one attached hydrogen (secondary N) is 1. The molecule has 0 radical (unpaired) electrons. The Bertz CT molecular complexity index is 502. The number of halogens is 3. The van der Waals surface area contributed by atoms with Gasteiger partial charge < -0.3 is 5.32 Å². The molecule has 0 fully saturated rings. The Morgan fingerprint density at radius 1 is 1.39 bits per heavy atom. The van der Waals surface area contributed by atoms with Crippen LogP contribution in [0.5, 0.6) is 0 Å². The predicted octanol–water partition coefficient (Wildman–Crippen LogP) is 4.02. The lowest BCUT2D eigenvalue weighted by molar-refractivity contribution is -0.116. The van der Waals surface area contributed by atoms with Crippen molar-refractivity contribution in [3.8, 4) is 0 Å². The van der Waals surface area contributed by atoms with Crippen LogP contribution in [0.15, 0.2) is 28.8 Å². The molecule has 0 aromatic heterocycles. The molecule has 2 rings (SSSR count). The fourth-order valence-corrected chi connectivity index (χ4v) is 2.24. The number of rotatable bonds is 3. The fraction of sp³-hybridized carbons (Fsp3) is 0.308. The molecule has 1 atom stereocenters. The number of benzene rings is 1. The van der Waals surface area contributed by atoms with Crippen molar-refractivity contribution in [1.29, 1.82) is 0 Å². The first-order chi connectivity index (χ1) is 8.56. The van der Waals surface area contributed by atoms with Gasteiger partial charge in [-0.1, -0.05) is 12.2 Å². The summed E-state index contributed by atoms with van der Waals surface area (Å²) in [6, 6.07) is 1.97. The molecule has 0 saturated carbocycles. The van der Waals surface area contributed by atoms with Crippen molar-refractivity contribution in [3.63, 3.8) is 0 Å². The lowest BCUT2D eigenvalue weighted by Gasteiger charge is -2.10. The third-order valence-corrected chi connectivity index (χ3v) is 3.45. The normalized spacial score (nSPS) is 18.1. The Morgan fingerprint density at radius 3 is 2.83 bits per heavy atom. The third kappa shape index (κ3) is 3.16.